The fraction of sp³-hybridized carbons (Fsp3) is 0.0769. The van der Waals surface area contributed by atoms with Crippen molar-refractivity contribution in [3.63, 3.8) is 0 Å². The number of anilines is 1. The maximum absolute atomic E-state index is 11.8. The highest BCUT2D eigenvalue weighted by molar-refractivity contribution is 6.31. The number of hydrogen-bond acceptors (Lipinski definition) is 2. The van der Waals surface area contributed by atoms with Crippen LogP contribution >= 0.6 is 11.6 Å². The van der Waals surface area contributed by atoms with Gasteiger partial charge in [-0.15, -0.1) is 0 Å². The summed E-state index contributed by atoms with van der Waals surface area (Å²) in [5.74, 6) is -0.241. The van der Waals surface area contributed by atoms with Crippen molar-refractivity contribution in [3.8, 4) is 5.75 Å². The number of pyridine rings is 1. The van der Waals surface area contributed by atoms with Gasteiger partial charge in [-0.05, 0) is 18.2 Å². The van der Waals surface area contributed by atoms with Crippen LogP contribution in [0.25, 0.3) is 0 Å². The number of aromatic nitrogens is 1. The van der Waals surface area contributed by atoms with Crippen LogP contribution in [-0.4, -0.2) is 11.0 Å². The molecule has 0 radical (unpaired) electrons. The maximum Gasteiger partial charge on any atom is 0.290 e. The van der Waals surface area contributed by atoms with Gasteiger partial charge in [0.25, 0.3) is 5.91 Å². The minimum atomic E-state index is -0.233. The van der Waals surface area contributed by atoms with Crippen LogP contribution in [0.4, 0.5) is 5.69 Å². The van der Waals surface area contributed by atoms with Gasteiger partial charge in [0.15, 0.2) is 12.4 Å². The Morgan fingerprint density at radius 3 is 2.72 bits per heavy atom. The van der Waals surface area contributed by atoms with E-state index in [1.807, 2.05) is 18.2 Å². The van der Waals surface area contributed by atoms with E-state index in [1.165, 1.54) is 12.1 Å². The second-order valence-corrected chi connectivity index (χ2v) is 4.19. The van der Waals surface area contributed by atoms with Crippen LogP contribution in [0.1, 0.15) is 0 Å². The predicted octanol–water partition coefficient (Wildman–Crippen LogP) is 1.97. The van der Waals surface area contributed by atoms with Crippen LogP contribution in [0.15, 0.2) is 48.8 Å². The Morgan fingerprint density at radius 1 is 1.28 bits per heavy atom. The maximum atomic E-state index is 11.8. The number of benzene rings is 1. The average Bonchev–Trinajstić information content (AvgIpc) is 2.35. The molecule has 5 heteroatoms. The van der Waals surface area contributed by atoms with Gasteiger partial charge in [0.05, 0.1) is 5.69 Å². The molecule has 0 spiro atoms. The van der Waals surface area contributed by atoms with Crippen molar-refractivity contribution in [3.05, 3.63) is 53.8 Å². The Labute approximate surface area is 109 Å². The van der Waals surface area contributed by atoms with Crippen LogP contribution in [0.3, 0.4) is 0 Å². The molecular formula is C13H12ClN2O2+. The number of carbonyl (C=O) groups excluding carboxylic acids is 1. The second kappa shape index (κ2) is 5.51. The first-order chi connectivity index (χ1) is 8.65. The lowest BCUT2D eigenvalue weighted by Crippen LogP contribution is -2.39. The molecule has 0 aliphatic carbocycles. The van der Waals surface area contributed by atoms with E-state index in [1.54, 1.807) is 23.0 Å². The zero-order valence-electron chi connectivity index (χ0n) is 9.51. The van der Waals surface area contributed by atoms with E-state index in [9.17, 15) is 9.90 Å². The van der Waals surface area contributed by atoms with Gasteiger partial charge in [-0.1, -0.05) is 17.7 Å². The summed E-state index contributed by atoms with van der Waals surface area (Å²) in [7, 11) is 0. The summed E-state index contributed by atoms with van der Waals surface area (Å²) in [6, 6.07) is 10.0. The van der Waals surface area contributed by atoms with Crippen molar-refractivity contribution in [1.29, 1.82) is 0 Å². The molecule has 0 bridgehead atoms. The molecule has 0 unspecified atom stereocenters. The van der Waals surface area contributed by atoms with Crippen molar-refractivity contribution < 1.29 is 14.5 Å². The fourth-order valence-electron chi connectivity index (χ4n) is 1.50. The van der Waals surface area contributed by atoms with Crippen LogP contribution in [0, 0.1) is 0 Å². The number of amides is 1. The number of aromatic hydroxyl groups is 1. The molecule has 0 saturated heterocycles. The number of nitrogens with zero attached hydrogens (tertiary/aromatic N) is 1. The molecule has 0 atom stereocenters. The zero-order valence-corrected chi connectivity index (χ0v) is 10.3. The first kappa shape index (κ1) is 12.4. The van der Waals surface area contributed by atoms with Crippen molar-refractivity contribution in [2.75, 3.05) is 5.32 Å². The Morgan fingerprint density at radius 2 is 2.00 bits per heavy atom. The number of carbonyl (C=O) groups is 1. The fourth-order valence-corrected chi connectivity index (χ4v) is 1.68. The summed E-state index contributed by atoms with van der Waals surface area (Å²) in [5.41, 5.74) is 0.309. The highest BCUT2D eigenvalue weighted by Gasteiger charge is 2.11. The summed E-state index contributed by atoms with van der Waals surface area (Å²) in [6.07, 6.45) is 3.58. The SMILES string of the molecule is O=C(C[n+]1ccccc1)Nc1cc(Cl)ccc1O. The number of halogens is 1. The van der Waals surface area contributed by atoms with Crippen molar-refractivity contribution in [2.24, 2.45) is 0 Å². The lowest BCUT2D eigenvalue weighted by atomic mass is 10.3. The van der Waals surface area contributed by atoms with E-state index in [-0.39, 0.29) is 18.2 Å². The zero-order chi connectivity index (χ0) is 13.0. The van der Waals surface area contributed by atoms with Gasteiger partial charge in [-0.2, -0.15) is 4.57 Å². The van der Waals surface area contributed by atoms with Crippen molar-refractivity contribution in [1.82, 2.24) is 0 Å². The summed E-state index contributed by atoms with van der Waals surface area (Å²) in [5, 5.41) is 12.6. The predicted molar refractivity (Wildman–Crippen MR) is 68.4 cm³/mol. The molecule has 0 fully saturated rings. The average molecular weight is 264 g/mol. The Balaban J connectivity index is 2.05. The van der Waals surface area contributed by atoms with Gasteiger partial charge >= 0.3 is 0 Å². The smallest absolute Gasteiger partial charge is 0.290 e. The molecule has 18 heavy (non-hydrogen) atoms. The third kappa shape index (κ3) is 3.21. The molecule has 0 saturated carbocycles. The third-order valence-corrected chi connectivity index (χ3v) is 2.57. The largest absolute Gasteiger partial charge is 0.506 e. The first-order valence-electron chi connectivity index (χ1n) is 5.37. The van der Waals surface area contributed by atoms with Gasteiger partial charge in [0.1, 0.15) is 5.75 Å². The molecule has 92 valence electrons. The molecule has 1 aromatic heterocycles. The lowest BCUT2D eigenvalue weighted by molar-refractivity contribution is -0.684. The minimum absolute atomic E-state index is 0.00851. The first-order valence-corrected chi connectivity index (χ1v) is 5.75. The summed E-state index contributed by atoms with van der Waals surface area (Å²) >= 11 is 5.79. The Kier molecular flexibility index (Phi) is 3.79. The van der Waals surface area contributed by atoms with Crippen LogP contribution in [0.2, 0.25) is 5.02 Å². The van der Waals surface area contributed by atoms with Crippen LogP contribution in [-0.2, 0) is 11.3 Å². The van der Waals surface area contributed by atoms with Gasteiger partial charge in [0.2, 0.25) is 6.54 Å². The molecular weight excluding hydrogens is 252 g/mol. The molecule has 2 aromatic rings. The molecule has 2 N–H and O–H groups in total. The Hall–Kier alpha value is -2.07. The number of hydrogen-bond donors (Lipinski definition) is 2. The molecule has 1 amide bonds. The van der Waals surface area contributed by atoms with E-state index in [4.69, 9.17) is 11.6 Å². The normalized spacial score (nSPS) is 10.1. The summed E-state index contributed by atoms with van der Waals surface area (Å²) < 4.78 is 1.73. The second-order valence-electron chi connectivity index (χ2n) is 3.76. The molecule has 0 aliphatic heterocycles. The van der Waals surface area contributed by atoms with Gasteiger partial charge in [0, 0.05) is 17.2 Å². The quantitative estimate of drug-likeness (QED) is 0.657. The third-order valence-electron chi connectivity index (χ3n) is 2.34. The highest BCUT2D eigenvalue weighted by Crippen LogP contribution is 2.26. The Bertz CT molecular complexity index is 558. The summed E-state index contributed by atoms with van der Waals surface area (Å²) in [6.45, 7) is 0.173. The standard InChI is InChI=1S/C13H11ClN2O2/c14-10-4-5-12(17)11(8-10)15-13(18)9-16-6-2-1-3-7-16/h1-8H,9H2,(H-,15,17,18)/p+1. The van der Waals surface area contributed by atoms with Gasteiger partial charge in [-0.25, -0.2) is 0 Å². The van der Waals surface area contributed by atoms with Crippen molar-refractivity contribution >= 4 is 23.2 Å². The monoisotopic (exact) mass is 263 g/mol. The minimum Gasteiger partial charge on any atom is -0.506 e. The van der Waals surface area contributed by atoms with E-state index >= 15 is 0 Å². The van der Waals surface area contributed by atoms with E-state index in [0.29, 0.717) is 10.7 Å². The molecule has 1 aromatic carbocycles. The van der Waals surface area contributed by atoms with Gasteiger partial charge in [-0.3, -0.25) is 4.79 Å². The molecule has 2 rings (SSSR count). The van der Waals surface area contributed by atoms with Crippen LogP contribution < -0.4 is 9.88 Å². The van der Waals surface area contributed by atoms with E-state index < -0.39 is 0 Å². The topological polar surface area (TPSA) is 53.2 Å². The lowest BCUT2D eigenvalue weighted by Gasteiger charge is -2.05. The number of rotatable bonds is 3. The summed E-state index contributed by atoms with van der Waals surface area (Å²) in [4.78, 5) is 11.8. The molecule has 4 nitrogen and oxygen atoms in total. The highest BCUT2D eigenvalue weighted by atomic mass is 35.5. The number of phenols is 1. The number of nitrogens with one attached hydrogen (secondary N) is 1. The van der Waals surface area contributed by atoms with Gasteiger partial charge < -0.3 is 10.4 Å². The van der Waals surface area contributed by atoms with E-state index in [0.717, 1.165) is 0 Å². The van der Waals surface area contributed by atoms with Crippen molar-refractivity contribution in [2.45, 2.75) is 6.54 Å². The number of phenolic OH excluding ortho intramolecular Hbond substituents is 1. The van der Waals surface area contributed by atoms with Crippen LogP contribution in [0.5, 0.6) is 5.75 Å². The molecule has 0 aliphatic rings. The van der Waals surface area contributed by atoms with E-state index in [2.05, 4.69) is 5.32 Å². The molecule has 1 heterocycles.